The van der Waals surface area contributed by atoms with Crippen LogP contribution in [0.25, 0.3) is 0 Å². The van der Waals surface area contributed by atoms with Gasteiger partial charge in [-0.3, -0.25) is 0 Å². The fourth-order valence-electron chi connectivity index (χ4n) is 5.31. The Balaban J connectivity index is 1.74. The van der Waals surface area contributed by atoms with E-state index in [1.807, 2.05) is 0 Å². The molecule has 4 aliphatic carbocycles. The molecule has 0 radical (unpaired) electrons. The third-order valence-corrected chi connectivity index (χ3v) is 5.47. The molecule has 0 heterocycles. The highest BCUT2D eigenvalue weighted by Gasteiger charge is 2.50. The summed E-state index contributed by atoms with van der Waals surface area (Å²) in [6.07, 6.45) is 7.65. The molecule has 4 fully saturated rings. The minimum atomic E-state index is -0.0568. The monoisotopic (exact) mass is 251 g/mol. The van der Waals surface area contributed by atoms with E-state index in [0.717, 1.165) is 29.6 Å². The van der Waals surface area contributed by atoms with Gasteiger partial charge >= 0.3 is 0 Å². The van der Waals surface area contributed by atoms with Crippen LogP contribution in [0, 0.1) is 29.6 Å². The van der Waals surface area contributed by atoms with E-state index in [1.165, 1.54) is 32.1 Å². The molecule has 4 bridgehead atoms. The molecule has 104 valence electrons. The highest BCUT2D eigenvalue weighted by Crippen LogP contribution is 2.57. The highest BCUT2D eigenvalue weighted by molar-refractivity contribution is 5.00. The third kappa shape index (κ3) is 2.34. The molecule has 0 spiro atoms. The predicted molar refractivity (Wildman–Crippen MR) is 74.2 cm³/mol. The standard InChI is InChI=1S/C16H29NO/c1-16(2,3)18-14(9-17)15-12-5-10-4-11(7-12)8-13(15)6-10/h10-15H,4-9,17H2,1-3H3. The molecular weight excluding hydrogens is 222 g/mol. The van der Waals surface area contributed by atoms with Crippen molar-refractivity contribution in [3.05, 3.63) is 0 Å². The molecule has 0 saturated heterocycles. The lowest BCUT2D eigenvalue weighted by Gasteiger charge is -2.56. The van der Waals surface area contributed by atoms with Crippen LogP contribution in [0.4, 0.5) is 0 Å². The van der Waals surface area contributed by atoms with Gasteiger partial charge < -0.3 is 10.5 Å². The Morgan fingerprint density at radius 2 is 1.50 bits per heavy atom. The molecule has 2 nitrogen and oxygen atoms in total. The maximum absolute atomic E-state index is 6.29. The van der Waals surface area contributed by atoms with E-state index >= 15 is 0 Å². The van der Waals surface area contributed by atoms with E-state index in [0.29, 0.717) is 12.6 Å². The fourth-order valence-corrected chi connectivity index (χ4v) is 5.31. The Bertz CT molecular complexity index is 279. The van der Waals surface area contributed by atoms with Crippen LogP contribution >= 0.6 is 0 Å². The molecule has 4 aliphatic rings. The molecule has 1 atom stereocenters. The summed E-state index contributed by atoms with van der Waals surface area (Å²) < 4.78 is 6.29. The summed E-state index contributed by atoms with van der Waals surface area (Å²) in [7, 11) is 0. The Hall–Kier alpha value is -0.0800. The second-order valence-corrected chi connectivity index (χ2v) is 8.01. The van der Waals surface area contributed by atoms with Gasteiger partial charge in [0.1, 0.15) is 0 Å². The summed E-state index contributed by atoms with van der Waals surface area (Å²) >= 11 is 0. The summed E-state index contributed by atoms with van der Waals surface area (Å²) in [5.41, 5.74) is 5.98. The fraction of sp³-hybridized carbons (Fsp3) is 1.00. The largest absolute Gasteiger partial charge is 0.371 e. The van der Waals surface area contributed by atoms with Crippen LogP contribution in [0.2, 0.25) is 0 Å². The zero-order valence-corrected chi connectivity index (χ0v) is 12.2. The average molecular weight is 251 g/mol. The number of hydrogen-bond acceptors (Lipinski definition) is 2. The van der Waals surface area contributed by atoms with Gasteiger partial charge in [-0.2, -0.15) is 0 Å². The molecule has 2 heteroatoms. The van der Waals surface area contributed by atoms with Crippen molar-refractivity contribution in [1.29, 1.82) is 0 Å². The molecular formula is C16H29NO. The lowest BCUT2D eigenvalue weighted by atomic mass is 9.51. The molecule has 1 unspecified atom stereocenters. The van der Waals surface area contributed by atoms with Crippen LogP contribution < -0.4 is 5.73 Å². The van der Waals surface area contributed by atoms with E-state index in [2.05, 4.69) is 20.8 Å². The third-order valence-electron chi connectivity index (χ3n) is 5.47. The minimum absolute atomic E-state index is 0.0568. The van der Waals surface area contributed by atoms with Gasteiger partial charge in [-0.1, -0.05) is 0 Å². The van der Waals surface area contributed by atoms with Crippen molar-refractivity contribution in [2.75, 3.05) is 6.54 Å². The molecule has 4 rings (SSSR count). The maximum atomic E-state index is 6.29. The lowest BCUT2D eigenvalue weighted by Crippen LogP contribution is -2.53. The predicted octanol–water partition coefficient (Wildman–Crippen LogP) is 3.20. The normalized spacial score (nSPS) is 44.3. The van der Waals surface area contributed by atoms with E-state index in [-0.39, 0.29) is 5.60 Å². The van der Waals surface area contributed by atoms with Crippen LogP contribution in [0.3, 0.4) is 0 Å². The number of rotatable bonds is 3. The van der Waals surface area contributed by atoms with Gasteiger partial charge in [0.05, 0.1) is 11.7 Å². The number of ether oxygens (including phenoxy) is 1. The SMILES string of the molecule is CC(C)(C)OC(CN)C1C2CC3CC(C2)CC1C3. The van der Waals surface area contributed by atoms with Crippen molar-refractivity contribution in [1.82, 2.24) is 0 Å². The average Bonchev–Trinajstić information content (AvgIpc) is 2.24. The molecule has 0 aromatic rings. The van der Waals surface area contributed by atoms with Crippen molar-refractivity contribution in [2.45, 2.75) is 64.6 Å². The van der Waals surface area contributed by atoms with Gasteiger partial charge in [-0.05, 0) is 82.5 Å². The molecule has 0 amide bonds. The smallest absolute Gasteiger partial charge is 0.0737 e. The van der Waals surface area contributed by atoms with Crippen LogP contribution in [0.5, 0.6) is 0 Å². The molecule has 4 saturated carbocycles. The Labute approximate surface area is 112 Å². The van der Waals surface area contributed by atoms with Crippen LogP contribution in [0.1, 0.15) is 52.9 Å². The van der Waals surface area contributed by atoms with E-state index in [9.17, 15) is 0 Å². The number of nitrogens with two attached hydrogens (primary N) is 1. The van der Waals surface area contributed by atoms with E-state index in [1.54, 1.807) is 0 Å². The Kier molecular flexibility index (Phi) is 3.22. The molecule has 0 aromatic carbocycles. The summed E-state index contributed by atoms with van der Waals surface area (Å²) in [4.78, 5) is 0. The molecule has 18 heavy (non-hydrogen) atoms. The first-order valence-electron chi connectivity index (χ1n) is 7.84. The molecule has 2 N–H and O–H groups in total. The first kappa shape index (κ1) is 12.9. The Morgan fingerprint density at radius 3 is 1.89 bits per heavy atom. The zero-order chi connectivity index (χ0) is 12.9. The summed E-state index contributed by atoms with van der Waals surface area (Å²) in [6, 6.07) is 0. The lowest BCUT2D eigenvalue weighted by molar-refractivity contribution is -0.146. The second kappa shape index (κ2) is 4.49. The first-order valence-corrected chi connectivity index (χ1v) is 7.84. The quantitative estimate of drug-likeness (QED) is 0.836. The summed E-state index contributed by atoms with van der Waals surface area (Å²) in [6.45, 7) is 7.17. The highest BCUT2D eigenvalue weighted by atomic mass is 16.5. The van der Waals surface area contributed by atoms with E-state index < -0.39 is 0 Å². The van der Waals surface area contributed by atoms with E-state index in [4.69, 9.17) is 10.5 Å². The summed E-state index contributed by atoms with van der Waals surface area (Å²) in [5, 5.41) is 0. The molecule has 0 aromatic heterocycles. The topological polar surface area (TPSA) is 35.2 Å². The summed E-state index contributed by atoms with van der Waals surface area (Å²) in [5.74, 6) is 4.66. The number of hydrogen-bond donors (Lipinski definition) is 1. The zero-order valence-electron chi connectivity index (χ0n) is 12.2. The molecule has 0 aliphatic heterocycles. The van der Waals surface area contributed by atoms with Gasteiger partial charge in [0.25, 0.3) is 0 Å². The van der Waals surface area contributed by atoms with Crippen molar-refractivity contribution < 1.29 is 4.74 Å². The van der Waals surface area contributed by atoms with Crippen molar-refractivity contribution in [2.24, 2.45) is 35.3 Å². The van der Waals surface area contributed by atoms with Crippen LogP contribution in [0.15, 0.2) is 0 Å². The second-order valence-electron chi connectivity index (χ2n) is 8.01. The minimum Gasteiger partial charge on any atom is -0.371 e. The maximum Gasteiger partial charge on any atom is 0.0737 e. The van der Waals surface area contributed by atoms with Gasteiger partial charge in [0.2, 0.25) is 0 Å². The first-order chi connectivity index (χ1) is 8.46. The van der Waals surface area contributed by atoms with Gasteiger partial charge in [0, 0.05) is 6.54 Å². The van der Waals surface area contributed by atoms with Gasteiger partial charge in [0.15, 0.2) is 0 Å². The van der Waals surface area contributed by atoms with Gasteiger partial charge in [-0.25, -0.2) is 0 Å². The Morgan fingerprint density at radius 1 is 1.00 bits per heavy atom. The van der Waals surface area contributed by atoms with Crippen molar-refractivity contribution >= 4 is 0 Å². The van der Waals surface area contributed by atoms with Gasteiger partial charge in [-0.15, -0.1) is 0 Å². The van der Waals surface area contributed by atoms with Crippen LogP contribution in [-0.2, 0) is 4.74 Å². The van der Waals surface area contributed by atoms with Crippen LogP contribution in [-0.4, -0.2) is 18.2 Å². The van der Waals surface area contributed by atoms with Crippen molar-refractivity contribution in [3.8, 4) is 0 Å². The van der Waals surface area contributed by atoms with Crippen molar-refractivity contribution in [3.63, 3.8) is 0 Å².